The Labute approximate surface area is 278 Å². The van der Waals surface area contributed by atoms with Crippen molar-refractivity contribution in [3.63, 3.8) is 0 Å². The van der Waals surface area contributed by atoms with E-state index in [2.05, 4.69) is 0 Å². The van der Waals surface area contributed by atoms with E-state index in [9.17, 15) is 61.4 Å². The maximum Gasteiger partial charge on any atom is 0.177 e. The lowest BCUT2D eigenvalue weighted by Crippen LogP contribution is -2.05. The standard InChI is InChI=1S/C36H4F4N10/c37-33-15(5-41)1-3-19(35(33)39)27-21(11-47)29-23(13-49)30-22(12-48)28(20-4-2-16(6-42)34(38)36(20)40)26(18(9-45)10-46)32(30)24(14-50)31(29)25(27)17(7-43)8-44/h1-4H. The number of nitrogens with zero attached hydrogens (tertiary/aromatic N) is 10. The molecule has 2 aliphatic rings. The molecule has 0 saturated carbocycles. The fourth-order valence-electron chi connectivity index (χ4n) is 5.92. The quantitative estimate of drug-likeness (QED) is 0.223. The summed E-state index contributed by atoms with van der Waals surface area (Å²) in [6, 6.07) is 19.4. The van der Waals surface area contributed by atoms with Gasteiger partial charge in [-0.3, -0.25) is 0 Å². The largest absolute Gasteiger partial charge is 0.203 e. The molecule has 10 nitrogen and oxygen atoms in total. The van der Waals surface area contributed by atoms with Gasteiger partial charge in [0.05, 0.1) is 33.4 Å². The molecule has 0 amide bonds. The second kappa shape index (κ2) is 12.2. The first kappa shape index (κ1) is 32.6. The van der Waals surface area contributed by atoms with Gasteiger partial charge in [-0.05, 0) is 24.3 Å². The van der Waals surface area contributed by atoms with Gasteiger partial charge < -0.3 is 0 Å². The van der Waals surface area contributed by atoms with E-state index in [1.807, 2.05) is 0 Å². The molecule has 0 heterocycles. The highest BCUT2D eigenvalue weighted by Crippen LogP contribution is 2.58. The van der Waals surface area contributed by atoms with Gasteiger partial charge in [-0.2, -0.15) is 52.6 Å². The minimum Gasteiger partial charge on any atom is -0.203 e. The predicted molar refractivity (Wildman–Crippen MR) is 159 cm³/mol. The number of benzene rings is 3. The number of rotatable bonds is 2. The number of halogens is 4. The summed E-state index contributed by atoms with van der Waals surface area (Å²) in [6.07, 6.45) is 0. The number of fused-ring (bicyclic) bond motifs is 2. The molecule has 0 radical (unpaired) electrons. The van der Waals surface area contributed by atoms with E-state index in [0.29, 0.717) is 0 Å². The zero-order valence-corrected chi connectivity index (χ0v) is 24.3. The molecule has 0 unspecified atom stereocenters. The SMILES string of the molecule is N#CC(C#N)=C1C(c2ccc(C#N)c(F)c2F)=C(C#N)c2c(C#N)c3c(c(C#N)c21)C(=C(C#N)C#N)C(c1ccc(C#N)c(F)c1F)=C3C#N. The fourth-order valence-corrected chi connectivity index (χ4v) is 5.92. The lowest BCUT2D eigenvalue weighted by Gasteiger charge is -2.16. The van der Waals surface area contributed by atoms with E-state index < -0.39 is 123 Å². The highest BCUT2D eigenvalue weighted by Gasteiger charge is 2.44. The van der Waals surface area contributed by atoms with Gasteiger partial charge in [0.15, 0.2) is 23.3 Å². The molecule has 2 aliphatic carbocycles. The van der Waals surface area contributed by atoms with Crippen molar-refractivity contribution in [2.24, 2.45) is 0 Å². The average molecular weight is 652 g/mol. The Morgan fingerprint density at radius 1 is 0.400 bits per heavy atom. The first-order valence-electron chi connectivity index (χ1n) is 13.3. The third kappa shape index (κ3) is 4.17. The summed E-state index contributed by atoms with van der Waals surface area (Å²) in [5.74, 6) is -6.74. The molecule has 0 spiro atoms. The van der Waals surface area contributed by atoms with Gasteiger partial charge in [-0.25, -0.2) is 17.6 Å². The maximum absolute atomic E-state index is 15.6. The first-order valence-corrected chi connectivity index (χ1v) is 13.3. The van der Waals surface area contributed by atoms with Crippen molar-refractivity contribution in [2.75, 3.05) is 0 Å². The Bertz CT molecular complexity index is 2590. The van der Waals surface area contributed by atoms with E-state index >= 15 is 8.78 Å². The van der Waals surface area contributed by atoms with Crippen LogP contribution in [0.3, 0.4) is 0 Å². The molecular formula is C36H4F4N10. The number of nitriles is 10. The molecule has 226 valence electrons. The van der Waals surface area contributed by atoms with Crippen LogP contribution in [-0.4, -0.2) is 0 Å². The van der Waals surface area contributed by atoms with Crippen molar-refractivity contribution in [2.45, 2.75) is 0 Å². The maximum atomic E-state index is 15.6. The lowest BCUT2D eigenvalue weighted by molar-refractivity contribution is 0.504. The topological polar surface area (TPSA) is 238 Å². The first-order chi connectivity index (χ1) is 24.1. The van der Waals surface area contributed by atoms with E-state index in [-0.39, 0.29) is 0 Å². The molecular weight excluding hydrogens is 648 g/mol. The van der Waals surface area contributed by atoms with Crippen LogP contribution in [0.15, 0.2) is 35.4 Å². The van der Waals surface area contributed by atoms with Crippen molar-refractivity contribution >= 4 is 33.4 Å². The third-order valence-corrected chi connectivity index (χ3v) is 7.84. The molecule has 0 N–H and O–H groups in total. The van der Waals surface area contributed by atoms with E-state index in [1.54, 1.807) is 48.6 Å². The van der Waals surface area contributed by atoms with Crippen molar-refractivity contribution in [1.29, 1.82) is 52.6 Å². The molecule has 0 aliphatic heterocycles. The van der Waals surface area contributed by atoms with Crippen LogP contribution in [0.2, 0.25) is 0 Å². The van der Waals surface area contributed by atoms with Gasteiger partial charge in [0.1, 0.15) is 71.8 Å². The molecule has 3 aromatic carbocycles. The van der Waals surface area contributed by atoms with Gasteiger partial charge in [0.2, 0.25) is 0 Å². The third-order valence-electron chi connectivity index (χ3n) is 7.84. The highest BCUT2D eigenvalue weighted by atomic mass is 19.2. The second-order valence-electron chi connectivity index (χ2n) is 9.95. The summed E-state index contributed by atoms with van der Waals surface area (Å²) in [6.45, 7) is 0. The van der Waals surface area contributed by atoms with Gasteiger partial charge in [-0.15, -0.1) is 0 Å². The van der Waals surface area contributed by atoms with Gasteiger partial charge in [0.25, 0.3) is 0 Å². The Kier molecular flexibility index (Phi) is 7.97. The van der Waals surface area contributed by atoms with Crippen molar-refractivity contribution < 1.29 is 17.6 Å². The summed E-state index contributed by atoms with van der Waals surface area (Å²) < 4.78 is 61.1. The summed E-state index contributed by atoms with van der Waals surface area (Å²) >= 11 is 0. The minimum atomic E-state index is -1.70. The Morgan fingerprint density at radius 2 is 0.740 bits per heavy atom. The van der Waals surface area contributed by atoms with Crippen LogP contribution in [0.4, 0.5) is 17.6 Å². The molecule has 0 fully saturated rings. The van der Waals surface area contributed by atoms with Gasteiger partial charge in [0, 0.05) is 55.7 Å². The summed E-state index contributed by atoms with van der Waals surface area (Å²) in [5, 5.41) is 100. The van der Waals surface area contributed by atoms with Crippen molar-refractivity contribution in [1.82, 2.24) is 0 Å². The second-order valence-corrected chi connectivity index (χ2v) is 9.95. The molecule has 14 heteroatoms. The average Bonchev–Trinajstić information content (AvgIpc) is 3.64. The van der Waals surface area contributed by atoms with Crippen LogP contribution in [-0.2, 0) is 0 Å². The molecule has 3 aromatic rings. The van der Waals surface area contributed by atoms with E-state index in [0.717, 1.165) is 24.3 Å². The molecule has 0 aromatic heterocycles. The van der Waals surface area contributed by atoms with Crippen LogP contribution >= 0.6 is 0 Å². The predicted octanol–water partition coefficient (Wildman–Crippen LogP) is 6.23. The normalized spacial score (nSPS) is 12.0. The summed E-state index contributed by atoms with van der Waals surface area (Å²) in [5.41, 5.74) is -12.3. The van der Waals surface area contributed by atoms with E-state index in [4.69, 9.17) is 0 Å². The number of hydrogen-bond donors (Lipinski definition) is 0. The lowest BCUT2D eigenvalue weighted by atomic mass is 9.82. The molecule has 0 atom stereocenters. The van der Waals surface area contributed by atoms with Crippen LogP contribution in [0.5, 0.6) is 0 Å². The highest BCUT2D eigenvalue weighted by molar-refractivity contribution is 6.32. The molecule has 50 heavy (non-hydrogen) atoms. The Balaban J connectivity index is 2.14. The summed E-state index contributed by atoms with van der Waals surface area (Å²) in [4.78, 5) is 0. The molecule has 0 bridgehead atoms. The molecule has 0 saturated heterocycles. The van der Waals surface area contributed by atoms with Crippen LogP contribution in [0.1, 0.15) is 55.6 Å². The van der Waals surface area contributed by atoms with Crippen LogP contribution in [0, 0.1) is 137 Å². The van der Waals surface area contributed by atoms with Crippen LogP contribution in [0.25, 0.3) is 33.4 Å². The number of allylic oxidation sites excluding steroid dienone is 8. The zero-order valence-electron chi connectivity index (χ0n) is 24.3. The van der Waals surface area contributed by atoms with Crippen molar-refractivity contribution in [3.05, 3.63) is 114 Å². The fraction of sp³-hybridized carbons (Fsp3) is 0. The molecule has 5 rings (SSSR count). The van der Waals surface area contributed by atoms with E-state index in [1.165, 1.54) is 12.1 Å². The van der Waals surface area contributed by atoms with Crippen molar-refractivity contribution in [3.8, 4) is 60.7 Å². The van der Waals surface area contributed by atoms with Gasteiger partial charge in [-0.1, -0.05) is 0 Å². The smallest absolute Gasteiger partial charge is 0.177 e. The van der Waals surface area contributed by atoms with Crippen LogP contribution < -0.4 is 0 Å². The Morgan fingerprint density at radius 3 is 1.02 bits per heavy atom. The number of hydrogen-bond acceptors (Lipinski definition) is 10. The minimum absolute atomic E-state index is 0.544. The monoisotopic (exact) mass is 652 g/mol. The Hall–Kier alpha value is -8.76. The zero-order chi connectivity index (χ0) is 36.6. The summed E-state index contributed by atoms with van der Waals surface area (Å²) in [7, 11) is 0. The van der Waals surface area contributed by atoms with Gasteiger partial charge >= 0.3 is 0 Å².